The average Bonchev–Trinajstić information content (AvgIpc) is 1.70. The molecule has 0 aliphatic rings. The van der Waals surface area contributed by atoms with Gasteiger partial charge in [0, 0.05) is 111 Å². The number of rotatable bonds is 16. The van der Waals surface area contributed by atoms with Crippen LogP contribution in [0.5, 0.6) is 0 Å². The molecule has 0 unspecified atom stereocenters. The number of halogens is 6. The van der Waals surface area contributed by atoms with E-state index in [9.17, 15) is 0 Å². The first-order chi connectivity index (χ1) is 45.2. The van der Waals surface area contributed by atoms with E-state index in [1.807, 2.05) is 15.0 Å². The van der Waals surface area contributed by atoms with Gasteiger partial charge in [0.15, 0.2) is 0 Å². The average molecular weight is 1930 g/mol. The Balaban J connectivity index is 0.000000148. The molecule has 0 N–H and O–H groups in total. The van der Waals surface area contributed by atoms with Crippen molar-refractivity contribution in [2.45, 2.75) is 80.0 Å². The van der Waals surface area contributed by atoms with Crippen molar-refractivity contribution < 1.29 is 0 Å². The van der Waals surface area contributed by atoms with Crippen LogP contribution in [0.2, 0.25) is 13.3 Å². The maximum Gasteiger partial charge on any atom is 0.114 e. The first-order valence-corrected chi connectivity index (χ1v) is 51.9. The molecule has 0 aliphatic carbocycles. The van der Waals surface area contributed by atoms with Crippen molar-refractivity contribution in [3.63, 3.8) is 0 Å². The largest absolute Gasteiger partial charge is 0.172 e. The molecule has 0 amide bonds. The molecule has 0 saturated heterocycles. The Labute approximate surface area is 640 Å². The summed E-state index contributed by atoms with van der Waals surface area (Å²) in [6.45, 7) is 7.06. The van der Waals surface area contributed by atoms with Crippen LogP contribution in [0.25, 0.3) is 107 Å². The predicted molar refractivity (Wildman–Crippen MR) is 437 cm³/mol. The fourth-order valence-electron chi connectivity index (χ4n) is 10.1. The Morgan fingerprint density at radius 3 is 0.839 bits per heavy atom. The molecule has 28 heteroatoms. The summed E-state index contributed by atoms with van der Waals surface area (Å²) in [6, 6.07) is 46.7. The quantitative estimate of drug-likeness (QED) is 0.0675. The summed E-state index contributed by atoms with van der Waals surface area (Å²) >= 11 is 34.8. The van der Waals surface area contributed by atoms with Gasteiger partial charge in [-0.25, -0.2) is 0 Å². The molecule has 4 aromatic carbocycles. The van der Waals surface area contributed by atoms with Gasteiger partial charge >= 0.3 is 123 Å². The van der Waals surface area contributed by atoms with Crippen LogP contribution >= 0.6 is 218 Å². The normalized spacial score (nSPS) is 10.8. The van der Waals surface area contributed by atoms with Gasteiger partial charge in [-0.15, -0.1) is 68.0 Å². The van der Waals surface area contributed by atoms with E-state index in [0.29, 0.717) is 0 Å². The van der Waals surface area contributed by atoms with Crippen molar-refractivity contribution in [2.24, 2.45) is 0 Å². The predicted octanol–water partition coefficient (Wildman–Crippen LogP) is 28.3. The maximum atomic E-state index is 6.00. The van der Waals surface area contributed by atoms with E-state index in [0.717, 1.165) is 71.8 Å². The molecule has 0 atom stereocenters. The van der Waals surface area contributed by atoms with Crippen molar-refractivity contribution in [3.8, 4) is 62.6 Å². The third kappa shape index (κ3) is 19.3. The van der Waals surface area contributed by atoms with E-state index in [1.54, 1.807) is 81.3 Å². The topological polar surface area (TPSA) is 151 Å². The summed E-state index contributed by atoms with van der Waals surface area (Å²) < 4.78 is 46.1. The van der Waals surface area contributed by atoms with Crippen molar-refractivity contribution in [1.29, 1.82) is 10.8 Å². The maximum absolute atomic E-state index is 6.00. The molecule has 15 aromatic rings. The zero-order valence-electron chi connectivity index (χ0n) is 49.2. The second-order valence-corrected chi connectivity index (χ2v) is 47.7. The van der Waals surface area contributed by atoms with Gasteiger partial charge in [-0.2, -0.15) is 35.0 Å². The minimum absolute atomic E-state index is 0. The summed E-state index contributed by atoms with van der Waals surface area (Å²) in [5, 5.41) is 22.7. The molecule has 0 aliphatic heterocycles. The van der Waals surface area contributed by atoms with Gasteiger partial charge in [0.1, 0.15) is 44.1 Å². The molecule has 0 bridgehead atoms. The molecule has 11 aromatic heterocycles. The molecule has 15 rings (SSSR count). The number of fused-ring (bicyclic) bond motifs is 4. The minimum Gasteiger partial charge on any atom is -0.172 e. The number of hydrogen-bond donors (Lipinski definition) is 0. The Morgan fingerprint density at radius 1 is 0.333 bits per heavy atom. The summed E-state index contributed by atoms with van der Waals surface area (Å²) in [7, 11) is 0. The van der Waals surface area contributed by atoms with Crippen LogP contribution in [0, 0.1) is 10.8 Å². The van der Waals surface area contributed by atoms with Crippen LogP contribution in [0.15, 0.2) is 177 Å². The van der Waals surface area contributed by atoms with Crippen molar-refractivity contribution >= 4 is 284 Å². The van der Waals surface area contributed by atoms with Gasteiger partial charge in [0.05, 0.1) is 54.5 Å². The van der Waals surface area contributed by atoms with Crippen molar-refractivity contribution in [3.05, 3.63) is 177 Å². The molecular weight excluding hydrogens is 1870 g/mol. The van der Waals surface area contributed by atoms with E-state index >= 15 is 0 Å². The fourth-order valence-corrected chi connectivity index (χ4v) is 39.1. The number of aromatic nitrogens is 8. The third-order valence-electron chi connectivity index (χ3n) is 14.5. The molecule has 10 nitrogen and oxygen atoms in total. The Morgan fingerprint density at radius 2 is 0.602 bits per heavy atom. The molecule has 0 radical (unpaired) electrons. The molecule has 11 heterocycles. The number of nitrogens with zero attached hydrogens (tertiary/aromatic N) is 10. The number of thiophene rings is 7. The molecule has 480 valence electrons. The van der Waals surface area contributed by atoms with E-state index in [-0.39, 0.29) is 7.43 Å². The summed E-state index contributed by atoms with van der Waals surface area (Å²) in [4.78, 5) is 7.40. The van der Waals surface area contributed by atoms with Crippen LogP contribution in [0.1, 0.15) is 66.7 Å². The van der Waals surface area contributed by atoms with E-state index in [4.69, 9.17) is 10.8 Å². The molecule has 0 fully saturated rings. The SMILES string of the molecule is BrBr.Brc1ccc(-c2ccc(-c3ccc(Br)s3)c3nsnc23)s1.Brc1ccc(Br)c2nsnc12.C.CCC[CH2][Sn]([CH2]CCC)([CH2]CCC)[c]1cccs1.N#N.c1csc(-c2ccc(-c3cccs3)c3nsnc23)c1.c1csc(-c2ccc(-c3cccs3)c3nsnc23)c1. The fraction of sp³-hybridized carbons (Fsp3) is 0.200. The van der Waals surface area contributed by atoms with Crippen LogP contribution in [0.4, 0.5) is 0 Å². The van der Waals surface area contributed by atoms with Crippen LogP contribution in [-0.2, 0) is 0 Å². The summed E-state index contributed by atoms with van der Waals surface area (Å²) in [5.41, 5.74) is 14.9. The van der Waals surface area contributed by atoms with E-state index in [1.165, 1.54) is 137 Å². The van der Waals surface area contributed by atoms with Crippen molar-refractivity contribution in [1.82, 2.24) is 35.0 Å². The first-order valence-electron chi connectivity index (χ1n) is 28.5. The van der Waals surface area contributed by atoms with E-state index in [2.05, 4.69) is 307 Å². The number of benzene rings is 4. The first kappa shape index (κ1) is 75.9. The van der Waals surface area contributed by atoms with E-state index < -0.39 is 18.4 Å². The van der Waals surface area contributed by atoms with Gasteiger partial charge in [-0.05, 0) is 146 Å². The number of unbranched alkanes of at least 4 members (excludes halogenated alkanes) is 3. The van der Waals surface area contributed by atoms with Gasteiger partial charge in [-0.1, -0.05) is 68.1 Å². The van der Waals surface area contributed by atoms with Gasteiger partial charge in [0.25, 0.3) is 0 Å². The summed E-state index contributed by atoms with van der Waals surface area (Å²) in [5.74, 6) is 0. The second-order valence-electron chi connectivity index (χ2n) is 20.0. The van der Waals surface area contributed by atoms with Gasteiger partial charge < -0.3 is 0 Å². The number of hydrogen-bond acceptors (Lipinski definition) is 21. The van der Waals surface area contributed by atoms with Crippen LogP contribution < -0.4 is 2.89 Å². The zero-order chi connectivity index (χ0) is 64.8. The van der Waals surface area contributed by atoms with Crippen molar-refractivity contribution in [2.75, 3.05) is 0 Å². The van der Waals surface area contributed by atoms with Gasteiger partial charge in [-0.3, -0.25) is 0 Å². The van der Waals surface area contributed by atoms with Crippen LogP contribution in [0.3, 0.4) is 0 Å². The van der Waals surface area contributed by atoms with Crippen LogP contribution in [-0.4, -0.2) is 53.4 Å². The Bertz CT molecular complexity index is 4230. The standard InChI is InChI=1S/C14H6Br2N2S3.2C14H8N2S3.C6H2Br2N2S.C4H3S.3C4H9.CH4.Br2.N2.Sn/c15-11-5-3-9(19-11)7-1-2-8(10-4-6-12(16)20-10)14-13(7)17-21-18-14;2*1-3-11(17-7-1)9-5-6-10(12-4-2-8-18-12)14-13(9)15-19-16-14;7-3-1-2-4(8)6-5(3)9-11-10-6;1-2-4-5-3-1;3*1-3-4-2;;2*1-2;/h1-6H;2*1-8H;1-2H;1-3H;3*1,3-4H2,2H3;1H4;;;. The molecule has 0 saturated carbocycles. The van der Waals surface area contributed by atoms with Gasteiger partial charge in [0.2, 0.25) is 0 Å². The second kappa shape index (κ2) is 39.1. The monoisotopic (exact) mass is 1920 g/mol. The summed E-state index contributed by atoms with van der Waals surface area (Å²) in [6.07, 6.45) is 8.55. The molecular formula is C65H58Br6N10S11Sn. The molecule has 0 spiro atoms. The third-order valence-corrected chi connectivity index (χ3v) is 44.1. The minimum atomic E-state index is -2.01. The smallest absolute Gasteiger partial charge is 0.114 e. The Hall–Kier alpha value is -2.84. The molecule has 93 heavy (non-hydrogen) atoms. The zero-order valence-corrected chi connectivity index (χ0v) is 70.5. The Kier molecular flexibility index (Phi) is 31.9.